The molecule has 0 aliphatic heterocycles. The summed E-state index contributed by atoms with van der Waals surface area (Å²) in [4.78, 5) is 0. The molecule has 0 aromatic carbocycles. The molecular weight excluding hydrogens is 226 g/mol. The molecule has 0 unspecified atom stereocenters. The van der Waals surface area contributed by atoms with E-state index in [9.17, 15) is 8.42 Å². The molecule has 0 heterocycles. The minimum Gasteiger partial charge on any atom is -0.329 e. The van der Waals surface area contributed by atoms with Gasteiger partial charge in [-0.2, -0.15) is 12.7 Å². The van der Waals surface area contributed by atoms with E-state index in [1.165, 1.54) is 6.42 Å². The zero-order chi connectivity index (χ0) is 12.0. The standard InChI is InChI=1S/C10H23N3O2S/c1-2-12-16(14,15)13(9-8-11)10-6-4-3-5-7-10/h10,12H,2-9,11H2,1H3. The van der Waals surface area contributed by atoms with Crippen LogP contribution >= 0.6 is 0 Å². The summed E-state index contributed by atoms with van der Waals surface area (Å²) in [5, 5.41) is 0. The van der Waals surface area contributed by atoms with Gasteiger partial charge in [0.15, 0.2) is 0 Å². The van der Waals surface area contributed by atoms with Gasteiger partial charge in [0.05, 0.1) is 0 Å². The Kier molecular flexibility index (Phi) is 5.68. The van der Waals surface area contributed by atoms with Crippen LogP contribution in [0.15, 0.2) is 0 Å². The number of nitrogens with two attached hydrogens (primary N) is 1. The van der Waals surface area contributed by atoms with E-state index in [4.69, 9.17) is 5.73 Å². The summed E-state index contributed by atoms with van der Waals surface area (Å²) in [6.45, 7) is 3.01. The summed E-state index contributed by atoms with van der Waals surface area (Å²) >= 11 is 0. The molecule has 5 nitrogen and oxygen atoms in total. The summed E-state index contributed by atoms with van der Waals surface area (Å²) in [5.41, 5.74) is 5.50. The monoisotopic (exact) mass is 249 g/mol. The molecule has 3 N–H and O–H groups in total. The van der Waals surface area contributed by atoms with E-state index in [-0.39, 0.29) is 6.04 Å². The van der Waals surface area contributed by atoms with Crippen LogP contribution in [0.2, 0.25) is 0 Å². The van der Waals surface area contributed by atoms with Crippen molar-refractivity contribution in [2.24, 2.45) is 5.73 Å². The lowest BCUT2D eigenvalue weighted by Crippen LogP contribution is -2.49. The minimum atomic E-state index is -3.33. The topological polar surface area (TPSA) is 75.4 Å². The molecule has 0 amide bonds. The van der Waals surface area contributed by atoms with Crippen molar-refractivity contribution >= 4 is 10.2 Å². The first-order chi connectivity index (χ1) is 7.61. The normalized spacial score (nSPS) is 19.2. The van der Waals surface area contributed by atoms with Crippen LogP contribution < -0.4 is 10.5 Å². The molecular formula is C10H23N3O2S. The molecule has 1 aliphatic carbocycles. The quantitative estimate of drug-likeness (QED) is 0.717. The Bertz CT molecular complexity index is 286. The Labute approximate surface area is 98.6 Å². The van der Waals surface area contributed by atoms with Crippen molar-refractivity contribution in [3.05, 3.63) is 0 Å². The first-order valence-electron chi connectivity index (χ1n) is 6.08. The van der Waals surface area contributed by atoms with E-state index in [1.54, 1.807) is 11.2 Å². The molecule has 0 bridgehead atoms. The second kappa shape index (κ2) is 6.54. The summed E-state index contributed by atoms with van der Waals surface area (Å²) in [6.07, 6.45) is 5.38. The molecule has 96 valence electrons. The highest BCUT2D eigenvalue weighted by Crippen LogP contribution is 2.23. The van der Waals surface area contributed by atoms with Gasteiger partial charge in [0, 0.05) is 25.7 Å². The number of nitrogens with one attached hydrogen (secondary N) is 1. The van der Waals surface area contributed by atoms with Crippen molar-refractivity contribution in [2.75, 3.05) is 19.6 Å². The van der Waals surface area contributed by atoms with Gasteiger partial charge in [-0.1, -0.05) is 26.2 Å². The summed E-state index contributed by atoms with van der Waals surface area (Å²) in [5.74, 6) is 0. The van der Waals surface area contributed by atoms with Gasteiger partial charge in [-0.25, -0.2) is 4.72 Å². The maximum absolute atomic E-state index is 12.0. The van der Waals surface area contributed by atoms with E-state index >= 15 is 0 Å². The highest BCUT2D eigenvalue weighted by Gasteiger charge is 2.29. The second-order valence-corrected chi connectivity index (χ2v) is 5.90. The third-order valence-electron chi connectivity index (χ3n) is 2.97. The minimum absolute atomic E-state index is 0.140. The fourth-order valence-electron chi connectivity index (χ4n) is 2.26. The van der Waals surface area contributed by atoms with Crippen molar-refractivity contribution < 1.29 is 8.42 Å². The first-order valence-corrected chi connectivity index (χ1v) is 7.52. The average Bonchev–Trinajstić information content (AvgIpc) is 2.27. The molecule has 1 fully saturated rings. The van der Waals surface area contributed by atoms with E-state index in [0.29, 0.717) is 19.6 Å². The van der Waals surface area contributed by atoms with Crippen LogP contribution in [0.25, 0.3) is 0 Å². The highest BCUT2D eigenvalue weighted by atomic mass is 32.2. The van der Waals surface area contributed by atoms with Gasteiger partial charge in [-0.15, -0.1) is 0 Å². The predicted octanol–water partition coefficient (Wildman–Crippen LogP) is 0.434. The van der Waals surface area contributed by atoms with Crippen LogP contribution in [0.5, 0.6) is 0 Å². The van der Waals surface area contributed by atoms with Crippen molar-refractivity contribution in [1.29, 1.82) is 0 Å². The van der Waals surface area contributed by atoms with Crippen LogP contribution in [-0.2, 0) is 10.2 Å². The zero-order valence-electron chi connectivity index (χ0n) is 9.98. The third-order valence-corrected chi connectivity index (χ3v) is 4.72. The Hall–Kier alpha value is -0.170. The lowest BCUT2D eigenvalue weighted by molar-refractivity contribution is 0.255. The average molecular weight is 249 g/mol. The SMILES string of the molecule is CCNS(=O)(=O)N(CCN)C1CCCCC1. The smallest absolute Gasteiger partial charge is 0.279 e. The van der Waals surface area contributed by atoms with Gasteiger partial charge in [0.25, 0.3) is 10.2 Å². The second-order valence-electron chi connectivity index (χ2n) is 4.19. The van der Waals surface area contributed by atoms with Crippen LogP contribution in [0.4, 0.5) is 0 Å². The van der Waals surface area contributed by atoms with Crippen molar-refractivity contribution in [2.45, 2.75) is 45.1 Å². The first kappa shape index (κ1) is 13.9. The Morgan fingerprint density at radius 2 is 1.94 bits per heavy atom. The fourth-order valence-corrected chi connectivity index (χ4v) is 3.74. The van der Waals surface area contributed by atoms with Crippen LogP contribution in [0.3, 0.4) is 0 Å². The summed E-state index contributed by atoms with van der Waals surface area (Å²) in [7, 11) is -3.33. The van der Waals surface area contributed by atoms with Gasteiger partial charge in [-0.05, 0) is 12.8 Å². The molecule has 1 rings (SSSR count). The molecule has 1 saturated carbocycles. The third kappa shape index (κ3) is 3.69. The van der Waals surface area contributed by atoms with E-state index < -0.39 is 10.2 Å². The molecule has 0 aromatic rings. The Morgan fingerprint density at radius 3 is 2.44 bits per heavy atom. The highest BCUT2D eigenvalue weighted by molar-refractivity contribution is 7.87. The van der Waals surface area contributed by atoms with Crippen LogP contribution in [0.1, 0.15) is 39.0 Å². The molecule has 1 aliphatic rings. The Morgan fingerprint density at radius 1 is 1.31 bits per heavy atom. The van der Waals surface area contributed by atoms with Gasteiger partial charge < -0.3 is 5.73 Å². The molecule has 0 atom stereocenters. The largest absolute Gasteiger partial charge is 0.329 e. The van der Waals surface area contributed by atoms with Crippen LogP contribution in [0, 0.1) is 0 Å². The Balaban J connectivity index is 2.72. The molecule has 0 spiro atoms. The predicted molar refractivity (Wildman–Crippen MR) is 65.2 cm³/mol. The van der Waals surface area contributed by atoms with E-state index in [0.717, 1.165) is 25.7 Å². The van der Waals surface area contributed by atoms with E-state index in [2.05, 4.69) is 4.72 Å². The van der Waals surface area contributed by atoms with Gasteiger partial charge >= 0.3 is 0 Å². The summed E-state index contributed by atoms with van der Waals surface area (Å²) in [6, 6.07) is 0.140. The van der Waals surface area contributed by atoms with Crippen molar-refractivity contribution in [1.82, 2.24) is 9.03 Å². The fraction of sp³-hybridized carbons (Fsp3) is 1.00. The maximum Gasteiger partial charge on any atom is 0.279 e. The molecule has 16 heavy (non-hydrogen) atoms. The molecule has 6 heteroatoms. The maximum atomic E-state index is 12.0. The van der Waals surface area contributed by atoms with Gasteiger partial charge in [0.2, 0.25) is 0 Å². The van der Waals surface area contributed by atoms with Crippen molar-refractivity contribution in [3.8, 4) is 0 Å². The molecule has 0 saturated heterocycles. The number of hydrogen-bond acceptors (Lipinski definition) is 3. The van der Waals surface area contributed by atoms with Gasteiger partial charge in [0.1, 0.15) is 0 Å². The molecule has 0 radical (unpaired) electrons. The summed E-state index contributed by atoms with van der Waals surface area (Å²) < 4.78 is 28.1. The number of rotatable bonds is 6. The zero-order valence-corrected chi connectivity index (χ0v) is 10.8. The number of hydrogen-bond donors (Lipinski definition) is 2. The van der Waals surface area contributed by atoms with Crippen LogP contribution in [-0.4, -0.2) is 38.4 Å². The lowest BCUT2D eigenvalue weighted by Gasteiger charge is -2.32. The van der Waals surface area contributed by atoms with E-state index in [1.807, 2.05) is 0 Å². The van der Waals surface area contributed by atoms with Crippen molar-refractivity contribution in [3.63, 3.8) is 0 Å². The number of nitrogens with zero attached hydrogens (tertiary/aromatic N) is 1. The van der Waals surface area contributed by atoms with Gasteiger partial charge in [-0.3, -0.25) is 0 Å². The lowest BCUT2D eigenvalue weighted by atomic mass is 9.95. The molecule has 0 aromatic heterocycles.